The van der Waals surface area contributed by atoms with Crippen LogP contribution in [0.1, 0.15) is 17.0 Å². The summed E-state index contributed by atoms with van der Waals surface area (Å²) >= 11 is -1.52. The Bertz CT molecular complexity index is 887. The minimum Gasteiger partial charge on any atom is -0.399 e. The van der Waals surface area contributed by atoms with E-state index in [1.54, 1.807) is 0 Å². The number of aryl methyl sites for hydroxylation is 1. The summed E-state index contributed by atoms with van der Waals surface area (Å²) < 4.78 is 129. The van der Waals surface area contributed by atoms with Gasteiger partial charge in [-0.2, -0.15) is 48.9 Å². The second-order valence-electron chi connectivity index (χ2n) is 5.76. The topological polar surface area (TPSA) is 56.7 Å². The molecule has 0 radical (unpaired) electrons. The summed E-state index contributed by atoms with van der Waals surface area (Å²) in [6.45, 7) is 0.858. The van der Waals surface area contributed by atoms with E-state index in [0.717, 1.165) is 0 Å². The van der Waals surface area contributed by atoms with Crippen LogP contribution in [-0.4, -0.2) is 32.1 Å². The first-order valence-corrected chi connectivity index (χ1v) is 8.16. The molecule has 2 N–H and O–H groups in total. The molecule has 2 rings (SSSR count). The smallest absolute Gasteiger partial charge is 0.399 e. The maximum Gasteiger partial charge on any atom is 0.460 e. The zero-order valence-corrected chi connectivity index (χ0v) is 14.9. The van der Waals surface area contributed by atoms with Crippen LogP contribution in [0.3, 0.4) is 0 Å². The number of alkyl halides is 10. The average molecular weight is 456 g/mol. The number of benzene rings is 1. The summed E-state index contributed by atoms with van der Waals surface area (Å²) in [7, 11) is 0. The molecule has 4 nitrogen and oxygen atoms in total. The van der Waals surface area contributed by atoms with Crippen molar-refractivity contribution in [2.45, 2.75) is 42.2 Å². The van der Waals surface area contributed by atoms with Gasteiger partial charge in [0.1, 0.15) is 0 Å². The van der Waals surface area contributed by atoms with E-state index in [-0.39, 0.29) is 10.2 Å². The zero-order valence-electron chi connectivity index (χ0n) is 14.0. The van der Waals surface area contributed by atoms with Gasteiger partial charge in [-0.3, -0.25) is 0 Å². The Balaban J connectivity index is 2.42. The van der Waals surface area contributed by atoms with Crippen molar-refractivity contribution in [2.24, 2.45) is 0 Å². The highest BCUT2D eigenvalue weighted by Gasteiger charge is 2.74. The van der Waals surface area contributed by atoms with Crippen molar-refractivity contribution in [2.75, 3.05) is 5.73 Å². The second kappa shape index (κ2) is 7.25. The second-order valence-corrected chi connectivity index (χ2v) is 6.84. The third-order valence-corrected chi connectivity index (χ3v) is 4.38. The van der Waals surface area contributed by atoms with E-state index in [2.05, 4.69) is 10.1 Å². The van der Waals surface area contributed by atoms with Crippen LogP contribution in [0.5, 0.6) is 0 Å². The van der Waals surface area contributed by atoms with Gasteiger partial charge in [-0.25, -0.2) is 4.68 Å². The molecule has 0 unspecified atom stereocenters. The fourth-order valence-electron chi connectivity index (χ4n) is 2.04. The van der Waals surface area contributed by atoms with E-state index in [1.165, 1.54) is 25.1 Å². The van der Waals surface area contributed by atoms with Gasteiger partial charge >= 0.3 is 23.5 Å². The predicted molar refractivity (Wildman–Crippen MR) is 81.5 cm³/mol. The minimum absolute atomic E-state index is 0.0785. The van der Waals surface area contributed by atoms with E-state index in [1.807, 2.05) is 0 Å². The van der Waals surface area contributed by atoms with Gasteiger partial charge in [0.25, 0.3) is 0 Å². The Morgan fingerprint density at radius 2 is 1.59 bits per heavy atom. The number of hydrogen-bond donors (Lipinski definition) is 1. The summed E-state index contributed by atoms with van der Waals surface area (Å²) in [5.41, 5.74) is 6.53. The van der Waals surface area contributed by atoms with Crippen LogP contribution in [0.2, 0.25) is 0 Å². The van der Waals surface area contributed by atoms with Gasteiger partial charge < -0.3 is 5.73 Å². The van der Waals surface area contributed by atoms with Crippen molar-refractivity contribution in [3.63, 3.8) is 0 Å². The molecule has 15 heteroatoms. The Labute approximate surface area is 160 Å². The lowest BCUT2D eigenvalue weighted by atomic mass is 10.1. The van der Waals surface area contributed by atoms with Crippen molar-refractivity contribution in [3.8, 4) is 0 Å². The standard InChI is InChI=1S/C14H10F10N4S/c1-6-4-7(2-3-8(6)25)5-28-9(11(15,16)17)26-10(27-28)29-14(23,24)12(18,19)13(20,21)22/h2-4H,5,25H2,1H3. The number of nitrogen functional groups attached to an aromatic ring is 1. The Morgan fingerprint density at radius 3 is 2.07 bits per heavy atom. The molecule has 29 heavy (non-hydrogen) atoms. The molecule has 0 spiro atoms. The summed E-state index contributed by atoms with van der Waals surface area (Å²) in [5, 5.41) is -4.41. The number of nitrogens with two attached hydrogens (primary N) is 1. The molecule has 0 aliphatic rings. The Hall–Kier alpha value is -2.19. The molecule has 1 aromatic carbocycles. The van der Waals surface area contributed by atoms with Crippen molar-refractivity contribution in [1.82, 2.24) is 14.8 Å². The highest BCUT2D eigenvalue weighted by atomic mass is 32.2. The van der Waals surface area contributed by atoms with Gasteiger partial charge in [0.2, 0.25) is 11.0 Å². The third kappa shape index (κ3) is 4.70. The van der Waals surface area contributed by atoms with Crippen LogP contribution >= 0.6 is 11.8 Å². The first-order valence-electron chi connectivity index (χ1n) is 7.34. The van der Waals surface area contributed by atoms with E-state index >= 15 is 0 Å². The van der Waals surface area contributed by atoms with Crippen LogP contribution in [0.15, 0.2) is 23.4 Å². The molecular weight excluding hydrogens is 446 g/mol. The molecule has 2 aromatic rings. The molecular formula is C14H10F10N4S. The Kier molecular flexibility index (Phi) is 5.77. The predicted octanol–water partition coefficient (Wildman–Crippen LogP) is 5.12. The van der Waals surface area contributed by atoms with Crippen molar-refractivity contribution >= 4 is 17.4 Å². The monoisotopic (exact) mass is 456 g/mol. The van der Waals surface area contributed by atoms with E-state index in [9.17, 15) is 43.9 Å². The quantitative estimate of drug-likeness (QED) is 0.386. The largest absolute Gasteiger partial charge is 0.460 e. The zero-order chi connectivity index (χ0) is 22.4. The summed E-state index contributed by atoms with van der Waals surface area (Å²) in [6.07, 6.45) is -11.9. The van der Waals surface area contributed by atoms with Crippen LogP contribution < -0.4 is 5.73 Å². The van der Waals surface area contributed by atoms with Crippen molar-refractivity contribution in [1.29, 1.82) is 0 Å². The van der Waals surface area contributed by atoms with Gasteiger partial charge in [-0.1, -0.05) is 12.1 Å². The molecule has 0 atom stereocenters. The number of rotatable bonds is 5. The van der Waals surface area contributed by atoms with Gasteiger partial charge in [-0.15, -0.1) is 5.10 Å². The Morgan fingerprint density at radius 1 is 1.00 bits per heavy atom. The van der Waals surface area contributed by atoms with E-state index in [0.29, 0.717) is 11.3 Å². The molecule has 0 saturated heterocycles. The first kappa shape index (κ1) is 23.1. The summed E-state index contributed by atoms with van der Waals surface area (Å²) in [6, 6.07) is 4.00. The molecule has 1 aromatic heterocycles. The average Bonchev–Trinajstić information content (AvgIpc) is 2.91. The minimum atomic E-state index is -6.64. The number of thioether (sulfide) groups is 1. The van der Waals surface area contributed by atoms with Crippen molar-refractivity contribution < 1.29 is 43.9 Å². The van der Waals surface area contributed by atoms with Crippen LogP contribution in [0.25, 0.3) is 0 Å². The summed E-state index contributed by atoms with van der Waals surface area (Å²) in [5.74, 6) is -8.37. The maximum absolute atomic E-state index is 13.5. The lowest BCUT2D eigenvalue weighted by Crippen LogP contribution is -2.50. The van der Waals surface area contributed by atoms with E-state index < -0.39 is 52.8 Å². The molecule has 0 fully saturated rings. The lowest BCUT2D eigenvalue weighted by Gasteiger charge is -2.26. The van der Waals surface area contributed by atoms with Gasteiger partial charge in [-0.05, 0) is 35.9 Å². The number of hydrogen-bond acceptors (Lipinski definition) is 4. The number of anilines is 1. The van der Waals surface area contributed by atoms with E-state index in [4.69, 9.17) is 5.73 Å². The number of nitrogens with zero attached hydrogens (tertiary/aromatic N) is 3. The normalized spacial score (nSPS) is 13.8. The fourth-order valence-corrected chi connectivity index (χ4v) is 2.78. The molecule has 0 amide bonds. The van der Waals surface area contributed by atoms with Crippen LogP contribution in [0.4, 0.5) is 49.6 Å². The van der Waals surface area contributed by atoms with Crippen molar-refractivity contribution in [3.05, 3.63) is 35.2 Å². The lowest BCUT2D eigenvalue weighted by molar-refractivity contribution is -0.330. The fraction of sp³-hybridized carbons (Fsp3) is 0.429. The van der Waals surface area contributed by atoms with Gasteiger partial charge in [0.05, 0.1) is 6.54 Å². The molecule has 0 aliphatic carbocycles. The molecule has 0 aliphatic heterocycles. The highest BCUT2D eigenvalue weighted by Crippen LogP contribution is 2.53. The maximum atomic E-state index is 13.5. The molecule has 162 valence electrons. The number of halogens is 10. The van der Waals surface area contributed by atoms with Gasteiger partial charge in [0.15, 0.2) is 0 Å². The number of aromatic nitrogens is 3. The summed E-state index contributed by atoms with van der Waals surface area (Å²) in [4.78, 5) is 2.68. The van der Waals surface area contributed by atoms with Gasteiger partial charge in [0, 0.05) is 5.69 Å². The SMILES string of the molecule is Cc1cc(Cn2nc(SC(F)(F)C(F)(F)C(F)(F)F)nc2C(F)(F)F)ccc1N. The highest BCUT2D eigenvalue weighted by molar-refractivity contribution is 8.00. The molecule has 0 saturated carbocycles. The van der Waals surface area contributed by atoms with Crippen LogP contribution in [0, 0.1) is 6.92 Å². The third-order valence-electron chi connectivity index (χ3n) is 3.51. The first-order chi connectivity index (χ1) is 13.0. The molecule has 0 bridgehead atoms. The van der Waals surface area contributed by atoms with Crippen LogP contribution in [-0.2, 0) is 12.7 Å². The molecule has 1 heterocycles.